The second-order valence-corrected chi connectivity index (χ2v) is 6.32. The van der Waals surface area contributed by atoms with Crippen LogP contribution in [0.4, 0.5) is 0 Å². The summed E-state index contributed by atoms with van der Waals surface area (Å²) in [6, 6.07) is -0.402. The third-order valence-corrected chi connectivity index (χ3v) is 3.87. The number of guanidine groups is 1. The van der Waals surface area contributed by atoms with Crippen LogP contribution in [0.25, 0.3) is 0 Å². The number of aliphatic hydroxyl groups is 2. The molecule has 23 heavy (non-hydrogen) atoms. The molecule has 0 spiro atoms. The Hall–Kier alpha value is -1.60. The maximum Gasteiger partial charge on any atom is 0.308 e. The fourth-order valence-corrected chi connectivity index (χ4v) is 2.62. The van der Waals surface area contributed by atoms with E-state index in [1.807, 2.05) is 6.08 Å². The monoisotopic (exact) mass is 327 g/mol. The number of hydrogen-bond acceptors (Lipinski definition) is 6. The SMILES string of the molecule is CC(C)/C=C/CC[C@@H](C(=O)O)[C@@H]1CN(CC(O)CCO)C(N)=N1. The van der Waals surface area contributed by atoms with Crippen LogP contribution in [0.2, 0.25) is 0 Å². The molecule has 0 fully saturated rings. The van der Waals surface area contributed by atoms with Crippen LogP contribution < -0.4 is 5.73 Å². The van der Waals surface area contributed by atoms with E-state index in [-0.39, 0.29) is 25.5 Å². The first-order valence-corrected chi connectivity index (χ1v) is 8.11. The Kier molecular flexibility index (Phi) is 8.05. The summed E-state index contributed by atoms with van der Waals surface area (Å²) >= 11 is 0. The van der Waals surface area contributed by atoms with Gasteiger partial charge in [0.1, 0.15) is 0 Å². The minimum absolute atomic E-state index is 0.102. The van der Waals surface area contributed by atoms with Crippen molar-refractivity contribution in [1.82, 2.24) is 4.90 Å². The zero-order valence-corrected chi connectivity index (χ0v) is 13.9. The number of aliphatic imine (C=N–C) groups is 1. The van der Waals surface area contributed by atoms with Crippen molar-refractivity contribution in [3.63, 3.8) is 0 Å². The Balaban J connectivity index is 2.59. The molecular weight excluding hydrogens is 298 g/mol. The molecule has 0 radical (unpaired) electrons. The molecule has 1 unspecified atom stereocenters. The molecule has 0 saturated heterocycles. The van der Waals surface area contributed by atoms with Gasteiger partial charge < -0.3 is 26.0 Å². The van der Waals surface area contributed by atoms with E-state index in [1.165, 1.54) is 0 Å². The number of rotatable bonds is 10. The quantitative estimate of drug-likeness (QED) is 0.432. The van der Waals surface area contributed by atoms with Gasteiger partial charge >= 0.3 is 5.97 Å². The number of β-amino-alcohol motifs (C(OH)–C–C–N with tert-alkyl or cyclic N) is 1. The van der Waals surface area contributed by atoms with Crippen molar-refractivity contribution in [3.8, 4) is 0 Å². The first kappa shape index (κ1) is 19.4. The second-order valence-electron chi connectivity index (χ2n) is 6.32. The highest BCUT2D eigenvalue weighted by Gasteiger charge is 2.34. The van der Waals surface area contributed by atoms with E-state index in [0.29, 0.717) is 25.3 Å². The number of allylic oxidation sites excluding steroid dienone is 2. The topological polar surface area (TPSA) is 119 Å². The lowest BCUT2D eigenvalue weighted by atomic mass is 9.94. The minimum Gasteiger partial charge on any atom is -0.481 e. The highest BCUT2D eigenvalue weighted by molar-refractivity contribution is 5.81. The first-order chi connectivity index (χ1) is 10.8. The lowest BCUT2D eigenvalue weighted by molar-refractivity contribution is -0.142. The van der Waals surface area contributed by atoms with Crippen LogP contribution in [-0.4, -0.2) is 64.0 Å². The molecule has 0 saturated carbocycles. The molecule has 7 heteroatoms. The molecule has 0 aromatic rings. The van der Waals surface area contributed by atoms with Gasteiger partial charge in [-0.2, -0.15) is 0 Å². The highest BCUT2D eigenvalue weighted by Crippen LogP contribution is 2.21. The molecule has 7 nitrogen and oxygen atoms in total. The predicted octanol–water partition coefficient (Wildman–Crippen LogP) is 0.422. The number of aliphatic hydroxyl groups excluding tert-OH is 2. The lowest BCUT2D eigenvalue weighted by Crippen LogP contribution is -2.41. The molecule has 5 N–H and O–H groups in total. The molecule has 1 heterocycles. The third kappa shape index (κ3) is 6.58. The molecule has 0 aromatic heterocycles. The summed E-state index contributed by atoms with van der Waals surface area (Å²) in [5, 5.41) is 28.0. The average Bonchev–Trinajstić information content (AvgIpc) is 2.79. The smallest absolute Gasteiger partial charge is 0.308 e. The molecule has 1 rings (SSSR count). The number of carboxylic acid groups (broad SMARTS) is 1. The molecule has 1 aliphatic heterocycles. The Bertz CT molecular complexity index is 437. The molecule has 132 valence electrons. The molecule has 0 amide bonds. The zero-order valence-electron chi connectivity index (χ0n) is 13.9. The number of carboxylic acids is 1. The predicted molar refractivity (Wildman–Crippen MR) is 89.0 cm³/mol. The number of carbonyl (C=O) groups is 1. The zero-order chi connectivity index (χ0) is 17.4. The van der Waals surface area contributed by atoms with Crippen molar-refractivity contribution in [2.45, 2.75) is 45.3 Å². The number of nitrogens with zero attached hydrogens (tertiary/aromatic N) is 2. The van der Waals surface area contributed by atoms with Gasteiger partial charge in [-0.1, -0.05) is 26.0 Å². The Morgan fingerprint density at radius 1 is 1.48 bits per heavy atom. The van der Waals surface area contributed by atoms with Crippen molar-refractivity contribution in [2.24, 2.45) is 22.6 Å². The van der Waals surface area contributed by atoms with Crippen LogP contribution in [0.5, 0.6) is 0 Å². The maximum absolute atomic E-state index is 11.5. The fraction of sp³-hybridized carbons (Fsp3) is 0.750. The summed E-state index contributed by atoms with van der Waals surface area (Å²) in [6.07, 6.45) is 4.82. The van der Waals surface area contributed by atoms with Crippen molar-refractivity contribution >= 4 is 11.9 Å². The number of nitrogens with two attached hydrogens (primary N) is 1. The normalized spacial score (nSPS) is 21.0. The maximum atomic E-state index is 11.5. The van der Waals surface area contributed by atoms with Gasteiger partial charge in [-0.15, -0.1) is 0 Å². The standard InChI is InChI=1S/C16H29N3O4/c1-11(2)5-3-4-6-13(15(22)23)14-10-19(16(17)18-14)9-12(21)7-8-20/h3,5,11-14,20-21H,4,6-10H2,1-2H3,(H2,17,18)(H,22,23)/b5-3+/t12?,13-,14+/m1/s1. The van der Waals surface area contributed by atoms with Gasteiger partial charge in [-0.3, -0.25) is 4.79 Å². The molecule has 0 aliphatic carbocycles. The van der Waals surface area contributed by atoms with Crippen molar-refractivity contribution < 1.29 is 20.1 Å². The van der Waals surface area contributed by atoms with Crippen LogP contribution >= 0.6 is 0 Å². The van der Waals surface area contributed by atoms with E-state index >= 15 is 0 Å². The lowest BCUT2D eigenvalue weighted by Gasteiger charge is -2.23. The van der Waals surface area contributed by atoms with E-state index in [1.54, 1.807) is 4.90 Å². The van der Waals surface area contributed by atoms with Crippen LogP contribution in [-0.2, 0) is 4.79 Å². The van der Waals surface area contributed by atoms with Gasteiger partial charge in [0.25, 0.3) is 0 Å². The summed E-state index contributed by atoms with van der Waals surface area (Å²) in [6.45, 7) is 4.69. The Morgan fingerprint density at radius 2 is 2.17 bits per heavy atom. The van der Waals surface area contributed by atoms with Gasteiger partial charge in [0.05, 0.1) is 18.1 Å². The molecule has 0 aromatic carbocycles. The van der Waals surface area contributed by atoms with E-state index in [4.69, 9.17) is 10.8 Å². The summed E-state index contributed by atoms with van der Waals surface area (Å²) < 4.78 is 0. The van der Waals surface area contributed by atoms with Gasteiger partial charge in [-0.25, -0.2) is 4.99 Å². The fourth-order valence-electron chi connectivity index (χ4n) is 2.62. The summed E-state index contributed by atoms with van der Waals surface area (Å²) in [4.78, 5) is 17.5. The molecule has 0 bridgehead atoms. The average molecular weight is 327 g/mol. The minimum atomic E-state index is -0.873. The summed E-state index contributed by atoms with van der Waals surface area (Å²) in [7, 11) is 0. The Morgan fingerprint density at radius 3 is 2.74 bits per heavy atom. The van der Waals surface area contributed by atoms with Gasteiger partial charge in [0, 0.05) is 19.7 Å². The first-order valence-electron chi connectivity index (χ1n) is 8.11. The van der Waals surface area contributed by atoms with Gasteiger partial charge in [0.2, 0.25) is 0 Å². The van der Waals surface area contributed by atoms with Gasteiger partial charge in [0.15, 0.2) is 5.96 Å². The molecule has 1 aliphatic rings. The summed E-state index contributed by atoms with van der Waals surface area (Å²) in [5.41, 5.74) is 5.84. The van der Waals surface area contributed by atoms with E-state index in [0.717, 1.165) is 0 Å². The van der Waals surface area contributed by atoms with E-state index < -0.39 is 24.0 Å². The van der Waals surface area contributed by atoms with Crippen LogP contribution in [0, 0.1) is 11.8 Å². The van der Waals surface area contributed by atoms with Crippen molar-refractivity contribution in [3.05, 3.63) is 12.2 Å². The third-order valence-electron chi connectivity index (χ3n) is 3.87. The largest absolute Gasteiger partial charge is 0.481 e. The van der Waals surface area contributed by atoms with Crippen LogP contribution in [0.3, 0.4) is 0 Å². The molecule has 3 atom stereocenters. The molecular formula is C16H29N3O4. The Labute approximate surface area is 137 Å². The van der Waals surface area contributed by atoms with Crippen LogP contribution in [0.15, 0.2) is 17.1 Å². The van der Waals surface area contributed by atoms with Gasteiger partial charge in [-0.05, 0) is 25.2 Å². The van der Waals surface area contributed by atoms with Crippen molar-refractivity contribution in [2.75, 3.05) is 19.7 Å². The van der Waals surface area contributed by atoms with Crippen molar-refractivity contribution in [1.29, 1.82) is 0 Å². The number of aliphatic carboxylic acids is 1. The van der Waals surface area contributed by atoms with E-state index in [9.17, 15) is 15.0 Å². The van der Waals surface area contributed by atoms with Crippen LogP contribution in [0.1, 0.15) is 33.1 Å². The second kappa shape index (κ2) is 9.52. The highest BCUT2D eigenvalue weighted by atomic mass is 16.4. The number of hydrogen-bond donors (Lipinski definition) is 4. The van der Waals surface area contributed by atoms with E-state index in [2.05, 4.69) is 24.9 Å². The summed E-state index contributed by atoms with van der Waals surface area (Å²) in [5.74, 6) is -0.759.